The van der Waals surface area contributed by atoms with Gasteiger partial charge in [-0.3, -0.25) is 9.69 Å². The third kappa shape index (κ3) is 6.96. The van der Waals surface area contributed by atoms with Crippen molar-refractivity contribution in [3.05, 3.63) is 58.1 Å². The predicted octanol–water partition coefficient (Wildman–Crippen LogP) is 4.60. The van der Waals surface area contributed by atoms with Gasteiger partial charge in [0.15, 0.2) is 6.29 Å². The first-order valence-electron chi connectivity index (χ1n) is 10.8. The van der Waals surface area contributed by atoms with Crippen molar-refractivity contribution in [2.45, 2.75) is 39.5 Å². The van der Waals surface area contributed by atoms with Crippen LogP contribution in [0.1, 0.15) is 54.7 Å². The minimum absolute atomic E-state index is 0.179. The Labute approximate surface area is 197 Å². The highest BCUT2D eigenvalue weighted by Gasteiger charge is 2.27. The summed E-state index contributed by atoms with van der Waals surface area (Å²) in [6, 6.07) is 2.78. The number of aromatic nitrogens is 1. The number of nitriles is 1. The summed E-state index contributed by atoms with van der Waals surface area (Å²) in [7, 11) is 1.53. The highest BCUT2D eigenvalue weighted by Crippen LogP contribution is 2.31. The molecule has 1 aliphatic heterocycles. The van der Waals surface area contributed by atoms with E-state index in [1.807, 2.05) is 13.0 Å². The lowest BCUT2D eigenvalue weighted by Crippen LogP contribution is -2.43. The molecule has 2 heterocycles. The Morgan fingerprint density at radius 1 is 1.41 bits per heavy atom. The van der Waals surface area contributed by atoms with E-state index in [2.05, 4.69) is 16.4 Å². The molecule has 2 rings (SSSR count). The second kappa shape index (κ2) is 13.2. The zero-order valence-corrected chi connectivity index (χ0v) is 19.4. The number of carbonyl (C=O) groups excluding carboxylic acids is 2. The van der Waals surface area contributed by atoms with E-state index in [9.17, 15) is 23.6 Å². The molecule has 0 bridgehead atoms. The molecular weight excluding hydrogens is 446 g/mol. The van der Waals surface area contributed by atoms with Gasteiger partial charge in [-0.05, 0) is 43.9 Å². The quantitative estimate of drug-likeness (QED) is 0.175. The fourth-order valence-corrected chi connectivity index (χ4v) is 3.31. The monoisotopic (exact) mass is 474 g/mol. The normalized spacial score (nSPS) is 14.5. The molecule has 1 N–H and O–H groups in total. The molecule has 0 fully saturated rings. The highest BCUT2D eigenvalue weighted by atomic mass is 19.3. The Kier molecular flexibility index (Phi) is 10.4. The van der Waals surface area contributed by atoms with Crippen LogP contribution in [0.5, 0.6) is 0 Å². The molecular formula is C24H28F2N4O4. The molecule has 0 aliphatic carbocycles. The lowest BCUT2D eigenvalue weighted by molar-refractivity contribution is 0.110. The molecule has 0 aromatic carbocycles. The number of aryl methyl sites for hydroxylation is 1. The fourth-order valence-electron chi connectivity index (χ4n) is 3.31. The number of urea groups is 1. The minimum Gasteiger partial charge on any atom is -0.490 e. The number of alkyl halides is 2. The summed E-state index contributed by atoms with van der Waals surface area (Å²) in [5, 5.41) is 12.2. The number of aldehydes is 1. The SMILES string of the molecule is CC/C=C/C(C#N)=C(\C=C(/C)NC(=O)N1CCCc2cc(C(F)F)c(C=O)nc21)OCCOC. The van der Waals surface area contributed by atoms with E-state index >= 15 is 0 Å². The van der Waals surface area contributed by atoms with Crippen molar-refractivity contribution >= 4 is 18.1 Å². The van der Waals surface area contributed by atoms with E-state index < -0.39 is 18.0 Å². The van der Waals surface area contributed by atoms with Gasteiger partial charge in [-0.2, -0.15) is 5.26 Å². The number of fused-ring (bicyclic) bond motifs is 1. The second-order valence-corrected chi connectivity index (χ2v) is 7.42. The highest BCUT2D eigenvalue weighted by molar-refractivity contribution is 5.93. The van der Waals surface area contributed by atoms with E-state index in [0.717, 1.165) is 6.42 Å². The fraction of sp³-hybridized carbons (Fsp3) is 0.417. The van der Waals surface area contributed by atoms with Crippen LogP contribution in [0.4, 0.5) is 19.4 Å². The number of carbonyl (C=O) groups is 2. The number of nitrogens with one attached hydrogen (secondary N) is 1. The maximum absolute atomic E-state index is 13.3. The summed E-state index contributed by atoms with van der Waals surface area (Å²) >= 11 is 0. The van der Waals surface area contributed by atoms with Crippen molar-refractivity contribution in [2.75, 3.05) is 31.8 Å². The number of ether oxygens (including phenoxy) is 2. The molecule has 0 spiro atoms. The summed E-state index contributed by atoms with van der Waals surface area (Å²) in [5.74, 6) is 0.447. The number of methoxy groups -OCH3 is 1. The molecule has 2 amide bonds. The van der Waals surface area contributed by atoms with Crippen LogP contribution >= 0.6 is 0 Å². The Morgan fingerprint density at radius 2 is 2.18 bits per heavy atom. The summed E-state index contributed by atoms with van der Waals surface area (Å²) in [6.45, 7) is 4.39. The molecule has 0 saturated carbocycles. The van der Waals surface area contributed by atoms with Crippen LogP contribution in [0, 0.1) is 11.3 Å². The lowest BCUT2D eigenvalue weighted by Gasteiger charge is -2.29. The van der Waals surface area contributed by atoms with Crippen molar-refractivity contribution in [1.82, 2.24) is 10.3 Å². The van der Waals surface area contributed by atoms with Crippen LogP contribution in [0.2, 0.25) is 0 Å². The van der Waals surface area contributed by atoms with Crippen LogP contribution in [-0.2, 0) is 15.9 Å². The number of allylic oxidation sites excluding steroid dienone is 5. The topological polar surface area (TPSA) is 105 Å². The number of pyridine rings is 1. The summed E-state index contributed by atoms with van der Waals surface area (Å²) < 4.78 is 37.2. The molecule has 1 aliphatic rings. The summed E-state index contributed by atoms with van der Waals surface area (Å²) in [4.78, 5) is 29.6. The number of halogens is 2. The van der Waals surface area contributed by atoms with Gasteiger partial charge in [0, 0.05) is 31.0 Å². The first kappa shape index (κ1) is 26.7. The van der Waals surface area contributed by atoms with Gasteiger partial charge in [0.25, 0.3) is 6.43 Å². The molecule has 0 unspecified atom stereocenters. The smallest absolute Gasteiger partial charge is 0.327 e. The average Bonchev–Trinajstić information content (AvgIpc) is 2.82. The van der Waals surface area contributed by atoms with Gasteiger partial charge in [0.1, 0.15) is 29.9 Å². The molecule has 10 heteroatoms. The van der Waals surface area contributed by atoms with Crippen molar-refractivity contribution in [2.24, 2.45) is 0 Å². The second-order valence-electron chi connectivity index (χ2n) is 7.42. The maximum atomic E-state index is 13.3. The molecule has 182 valence electrons. The Balaban J connectivity index is 2.32. The van der Waals surface area contributed by atoms with Gasteiger partial charge < -0.3 is 14.8 Å². The molecule has 1 aromatic rings. The standard InChI is InChI=1S/C24H28F2N4O4/c1-4-5-7-18(14-27)21(34-11-10-33-3)12-16(2)28-24(32)30-9-6-8-17-13-19(22(25)26)20(15-31)29-23(17)30/h5,7,12-13,15,22H,4,6,8-11H2,1-3H3,(H,28,32)/b7-5+,16-12+,21-18-. The average molecular weight is 475 g/mol. The third-order valence-electron chi connectivity index (χ3n) is 4.92. The minimum atomic E-state index is -2.84. The number of nitrogens with zero attached hydrogens (tertiary/aromatic N) is 3. The van der Waals surface area contributed by atoms with Crippen LogP contribution in [-0.4, -0.2) is 44.2 Å². The molecule has 34 heavy (non-hydrogen) atoms. The number of anilines is 1. The maximum Gasteiger partial charge on any atom is 0.327 e. The van der Waals surface area contributed by atoms with E-state index in [0.29, 0.717) is 37.3 Å². The molecule has 0 radical (unpaired) electrons. The summed E-state index contributed by atoms with van der Waals surface area (Å²) in [5.41, 5.74) is 0.315. The Bertz CT molecular complexity index is 1030. The van der Waals surface area contributed by atoms with Crippen LogP contribution in [0.25, 0.3) is 0 Å². The van der Waals surface area contributed by atoms with Gasteiger partial charge in [-0.15, -0.1) is 0 Å². The zero-order chi connectivity index (χ0) is 25.1. The number of hydrogen-bond acceptors (Lipinski definition) is 6. The van der Waals surface area contributed by atoms with Gasteiger partial charge in [-0.1, -0.05) is 13.0 Å². The number of rotatable bonds is 10. The van der Waals surface area contributed by atoms with E-state index in [1.165, 1.54) is 24.2 Å². The first-order valence-corrected chi connectivity index (χ1v) is 10.8. The number of hydrogen-bond donors (Lipinski definition) is 1. The molecule has 8 nitrogen and oxygen atoms in total. The zero-order valence-electron chi connectivity index (χ0n) is 19.4. The summed E-state index contributed by atoms with van der Waals surface area (Å²) in [6.07, 6.45) is 4.16. The van der Waals surface area contributed by atoms with Gasteiger partial charge in [0.2, 0.25) is 0 Å². The Hall–Kier alpha value is -3.58. The van der Waals surface area contributed by atoms with Crippen LogP contribution in [0.3, 0.4) is 0 Å². The van der Waals surface area contributed by atoms with Crippen molar-refractivity contribution < 1.29 is 27.8 Å². The van der Waals surface area contributed by atoms with Crippen molar-refractivity contribution in [3.8, 4) is 6.07 Å². The van der Waals surface area contributed by atoms with Crippen LogP contribution < -0.4 is 10.2 Å². The third-order valence-corrected chi connectivity index (χ3v) is 4.92. The Morgan fingerprint density at radius 3 is 2.79 bits per heavy atom. The molecule has 0 saturated heterocycles. The predicted molar refractivity (Wildman–Crippen MR) is 122 cm³/mol. The van der Waals surface area contributed by atoms with Crippen molar-refractivity contribution in [3.63, 3.8) is 0 Å². The van der Waals surface area contributed by atoms with Gasteiger partial charge in [0.05, 0.1) is 12.2 Å². The van der Waals surface area contributed by atoms with E-state index in [1.54, 1.807) is 13.0 Å². The number of amides is 2. The van der Waals surface area contributed by atoms with Crippen molar-refractivity contribution in [1.29, 1.82) is 5.26 Å². The van der Waals surface area contributed by atoms with Crippen LogP contribution in [0.15, 0.2) is 41.3 Å². The van der Waals surface area contributed by atoms with Gasteiger partial charge in [-0.25, -0.2) is 18.6 Å². The van der Waals surface area contributed by atoms with Gasteiger partial charge >= 0.3 is 6.03 Å². The molecule has 1 aromatic heterocycles. The van der Waals surface area contributed by atoms with E-state index in [-0.39, 0.29) is 35.7 Å². The van der Waals surface area contributed by atoms with E-state index in [4.69, 9.17) is 9.47 Å². The largest absolute Gasteiger partial charge is 0.490 e. The lowest BCUT2D eigenvalue weighted by atomic mass is 10.0. The molecule has 0 atom stereocenters. The first-order chi connectivity index (χ1) is 16.4.